The lowest BCUT2D eigenvalue weighted by Gasteiger charge is -2.26. The number of rotatable bonds is 5. The van der Waals surface area contributed by atoms with E-state index >= 15 is 0 Å². The van der Waals surface area contributed by atoms with Crippen molar-refractivity contribution in [1.29, 1.82) is 0 Å². The summed E-state index contributed by atoms with van der Waals surface area (Å²) in [6.07, 6.45) is 1.71. The van der Waals surface area contributed by atoms with Crippen molar-refractivity contribution in [3.63, 3.8) is 0 Å². The van der Waals surface area contributed by atoms with E-state index in [9.17, 15) is 14.4 Å². The number of fused-ring (bicyclic) bond motifs is 1. The predicted octanol–water partition coefficient (Wildman–Crippen LogP) is 3.08. The normalized spacial score (nSPS) is 15.7. The number of esters is 2. The molecule has 4 rings (SSSR count). The van der Waals surface area contributed by atoms with Crippen molar-refractivity contribution >= 4 is 72.6 Å². The van der Waals surface area contributed by atoms with Gasteiger partial charge < -0.3 is 15.2 Å². The molecular formula is C25H20Br2N2O5S. The number of nitrogens with zero attached hydrogens (tertiary/aromatic N) is 1. The van der Waals surface area contributed by atoms with E-state index < -0.39 is 23.4 Å². The molecule has 0 radical (unpaired) electrons. The standard InChI is InChI=1S/C25H20Br2N2O5S/c1-3-34-25(32)19-18(14-6-10-16(27)11-7-14)20(24(31)33-2)23-29(21(19)28)22(30)17(35-23)12-13-4-8-15(26)9-5-13/h4-12,18H,3,28H2,1-2H3/b17-12-/t18-/m0/s1. The van der Waals surface area contributed by atoms with Gasteiger partial charge >= 0.3 is 11.9 Å². The molecule has 0 spiro atoms. The minimum Gasteiger partial charge on any atom is -0.466 e. The summed E-state index contributed by atoms with van der Waals surface area (Å²) in [6, 6.07) is 14.6. The van der Waals surface area contributed by atoms with E-state index in [1.165, 1.54) is 11.7 Å². The van der Waals surface area contributed by atoms with Crippen LogP contribution < -0.4 is 20.5 Å². The number of halogens is 2. The van der Waals surface area contributed by atoms with E-state index in [0.29, 0.717) is 14.8 Å². The molecule has 1 aromatic heterocycles. The first-order chi connectivity index (χ1) is 16.8. The molecule has 1 aliphatic heterocycles. The Morgan fingerprint density at radius 1 is 1.03 bits per heavy atom. The fourth-order valence-corrected chi connectivity index (χ4v) is 5.56. The summed E-state index contributed by atoms with van der Waals surface area (Å²) >= 11 is 7.92. The van der Waals surface area contributed by atoms with Crippen molar-refractivity contribution in [2.45, 2.75) is 12.8 Å². The van der Waals surface area contributed by atoms with Gasteiger partial charge in [0.25, 0.3) is 5.56 Å². The number of aromatic nitrogens is 1. The highest BCUT2D eigenvalue weighted by molar-refractivity contribution is 9.10. The van der Waals surface area contributed by atoms with Crippen molar-refractivity contribution in [2.75, 3.05) is 13.7 Å². The number of carbonyl (C=O) groups excluding carboxylic acids is 2. The van der Waals surface area contributed by atoms with Crippen molar-refractivity contribution in [3.8, 4) is 0 Å². The molecule has 1 aliphatic rings. The van der Waals surface area contributed by atoms with E-state index in [1.807, 2.05) is 24.3 Å². The van der Waals surface area contributed by atoms with E-state index in [2.05, 4.69) is 31.9 Å². The number of hydrogen-bond donors (Lipinski definition) is 1. The van der Waals surface area contributed by atoms with Crippen molar-refractivity contribution in [1.82, 2.24) is 4.57 Å². The summed E-state index contributed by atoms with van der Waals surface area (Å²) in [6.45, 7) is 1.77. The maximum absolute atomic E-state index is 13.5. The molecule has 0 saturated carbocycles. The fraction of sp³-hybridized carbons (Fsp3) is 0.160. The number of nitrogens with two attached hydrogens (primary N) is 1. The molecule has 0 saturated heterocycles. The molecule has 2 aromatic carbocycles. The zero-order chi connectivity index (χ0) is 25.3. The monoisotopic (exact) mass is 618 g/mol. The Labute approximate surface area is 221 Å². The van der Waals surface area contributed by atoms with Crippen LogP contribution in [0.1, 0.15) is 24.0 Å². The second kappa shape index (κ2) is 10.3. The number of carbonyl (C=O) groups is 2. The molecule has 2 N–H and O–H groups in total. The van der Waals surface area contributed by atoms with Crippen LogP contribution in [0.2, 0.25) is 0 Å². The van der Waals surface area contributed by atoms with Gasteiger partial charge in [-0.15, -0.1) is 11.3 Å². The topological polar surface area (TPSA) is 101 Å². The van der Waals surface area contributed by atoms with Gasteiger partial charge in [0.15, 0.2) is 0 Å². The molecule has 0 amide bonds. The van der Waals surface area contributed by atoms with Gasteiger partial charge in [-0.05, 0) is 48.4 Å². The van der Waals surface area contributed by atoms with Crippen molar-refractivity contribution in [2.24, 2.45) is 5.73 Å². The first-order valence-electron chi connectivity index (χ1n) is 10.5. The average Bonchev–Trinajstić information content (AvgIpc) is 3.16. The maximum atomic E-state index is 13.5. The Morgan fingerprint density at radius 2 is 1.63 bits per heavy atom. The highest BCUT2D eigenvalue weighted by Crippen LogP contribution is 2.38. The molecule has 0 aliphatic carbocycles. The summed E-state index contributed by atoms with van der Waals surface area (Å²) in [5.74, 6) is -2.33. The smallest absolute Gasteiger partial charge is 0.338 e. The molecule has 7 nitrogen and oxygen atoms in total. The van der Waals surface area contributed by atoms with Crippen LogP contribution in [0.3, 0.4) is 0 Å². The number of methoxy groups -OCH3 is 1. The Morgan fingerprint density at radius 3 is 2.20 bits per heavy atom. The number of benzene rings is 2. The Balaban J connectivity index is 2.10. The largest absolute Gasteiger partial charge is 0.466 e. The first-order valence-corrected chi connectivity index (χ1v) is 12.9. The lowest BCUT2D eigenvalue weighted by atomic mass is 9.83. The molecule has 0 unspecified atom stereocenters. The average molecular weight is 620 g/mol. The molecule has 0 bridgehead atoms. The highest BCUT2D eigenvalue weighted by atomic mass is 79.9. The van der Waals surface area contributed by atoms with Crippen molar-refractivity contribution in [3.05, 3.63) is 93.7 Å². The van der Waals surface area contributed by atoms with Gasteiger partial charge in [-0.1, -0.05) is 56.1 Å². The second-order valence-electron chi connectivity index (χ2n) is 7.52. The number of ether oxygens (including phenoxy) is 2. The van der Waals surface area contributed by atoms with E-state index in [-0.39, 0.29) is 23.6 Å². The van der Waals surface area contributed by atoms with Gasteiger partial charge in [0, 0.05) is 8.95 Å². The van der Waals surface area contributed by atoms with Crippen LogP contribution in [0.15, 0.2) is 67.8 Å². The lowest BCUT2D eigenvalue weighted by molar-refractivity contribution is -0.138. The van der Waals surface area contributed by atoms with Crippen LogP contribution >= 0.6 is 43.2 Å². The minimum absolute atomic E-state index is 0.0113. The van der Waals surface area contributed by atoms with Crippen LogP contribution in [0.4, 0.5) is 0 Å². The van der Waals surface area contributed by atoms with E-state index in [4.69, 9.17) is 15.2 Å². The van der Waals surface area contributed by atoms with Gasteiger partial charge in [0.1, 0.15) is 10.5 Å². The molecule has 35 heavy (non-hydrogen) atoms. The van der Waals surface area contributed by atoms with Gasteiger partial charge in [-0.2, -0.15) is 0 Å². The van der Waals surface area contributed by atoms with Crippen molar-refractivity contribution < 1.29 is 19.1 Å². The van der Waals surface area contributed by atoms with E-state index in [0.717, 1.165) is 25.8 Å². The Bertz CT molecular complexity index is 1520. The minimum atomic E-state index is -0.881. The fourth-order valence-electron chi connectivity index (χ4n) is 3.86. The summed E-state index contributed by atoms with van der Waals surface area (Å²) in [4.78, 5) is 39.7. The number of thiazole rings is 1. The molecule has 1 atom stereocenters. The summed E-state index contributed by atoms with van der Waals surface area (Å²) < 4.78 is 14.0. The molecule has 180 valence electrons. The third kappa shape index (κ3) is 4.78. The second-order valence-corrected chi connectivity index (χ2v) is 10.4. The predicted molar refractivity (Wildman–Crippen MR) is 142 cm³/mol. The van der Waals surface area contributed by atoms with Crippen LogP contribution in [0, 0.1) is 0 Å². The third-order valence-corrected chi connectivity index (χ3v) is 7.59. The summed E-state index contributed by atoms with van der Waals surface area (Å²) in [5, 5.41) is 0. The summed E-state index contributed by atoms with van der Waals surface area (Å²) in [7, 11) is 1.25. The maximum Gasteiger partial charge on any atom is 0.338 e. The van der Waals surface area contributed by atoms with Gasteiger partial charge in [0.05, 0.1) is 35.3 Å². The van der Waals surface area contributed by atoms with Crippen LogP contribution in [0.5, 0.6) is 0 Å². The highest BCUT2D eigenvalue weighted by Gasteiger charge is 2.39. The first kappa shape index (κ1) is 25.2. The lowest BCUT2D eigenvalue weighted by Crippen LogP contribution is -2.41. The van der Waals surface area contributed by atoms with Gasteiger partial charge in [0.2, 0.25) is 0 Å². The molecule has 0 fully saturated rings. The molecule has 3 aromatic rings. The van der Waals surface area contributed by atoms with Crippen LogP contribution in [-0.4, -0.2) is 30.2 Å². The quantitative estimate of drug-likeness (QED) is 0.441. The molecule has 10 heteroatoms. The Kier molecular flexibility index (Phi) is 7.44. The molecular weight excluding hydrogens is 600 g/mol. The number of hydrogen-bond acceptors (Lipinski definition) is 7. The zero-order valence-electron chi connectivity index (χ0n) is 18.7. The third-order valence-electron chi connectivity index (χ3n) is 5.42. The SMILES string of the molecule is CCOC(=O)C1=C(N)n2c(s/c(=C\c3ccc(Br)cc3)c2=O)=C(C(=O)OC)[C@H]1c1ccc(Br)cc1. The van der Waals surface area contributed by atoms with E-state index in [1.54, 1.807) is 37.3 Å². The zero-order valence-corrected chi connectivity index (χ0v) is 22.7. The van der Waals surface area contributed by atoms with Crippen LogP contribution in [-0.2, 0) is 19.1 Å². The summed E-state index contributed by atoms with van der Waals surface area (Å²) in [5.41, 5.74) is 7.60. The molecule has 2 heterocycles. The van der Waals surface area contributed by atoms with Gasteiger partial charge in [-0.3, -0.25) is 9.36 Å². The van der Waals surface area contributed by atoms with Gasteiger partial charge in [-0.25, -0.2) is 9.59 Å². The van der Waals surface area contributed by atoms with Crippen LogP contribution in [0.25, 0.3) is 17.5 Å². The Hall–Kier alpha value is -2.95.